The minimum atomic E-state index is 0.174. The zero-order valence-corrected chi connectivity index (χ0v) is 9.11. The Labute approximate surface area is 85.2 Å². The molecule has 0 bridgehead atoms. The summed E-state index contributed by atoms with van der Waals surface area (Å²) in [7, 11) is 0. The summed E-state index contributed by atoms with van der Waals surface area (Å²) >= 11 is 2.02. The van der Waals surface area contributed by atoms with Crippen LogP contribution in [0.5, 0.6) is 0 Å². The zero-order chi connectivity index (χ0) is 9.15. The van der Waals surface area contributed by atoms with Gasteiger partial charge in [0.15, 0.2) is 0 Å². The van der Waals surface area contributed by atoms with Gasteiger partial charge in [-0.15, -0.1) is 0 Å². The Morgan fingerprint density at radius 2 is 2.08 bits per heavy atom. The molecule has 3 heteroatoms. The molecule has 0 aromatic heterocycles. The van der Waals surface area contributed by atoms with Crippen LogP contribution in [0.4, 0.5) is 0 Å². The van der Waals surface area contributed by atoms with E-state index in [0.29, 0.717) is 0 Å². The van der Waals surface area contributed by atoms with E-state index in [1.807, 2.05) is 11.8 Å². The molecule has 76 valence electrons. The van der Waals surface area contributed by atoms with E-state index in [1.54, 1.807) is 0 Å². The molecular weight excluding hydrogens is 180 g/mol. The van der Waals surface area contributed by atoms with Gasteiger partial charge in [0.2, 0.25) is 0 Å². The van der Waals surface area contributed by atoms with Crippen LogP contribution in [-0.2, 0) is 0 Å². The van der Waals surface area contributed by atoms with Crippen molar-refractivity contribution in [1.29, 1.82) is 0 Å². The highest BCUT2D eigenvalue weighted by Crippen LogP contribution is 2.28. The molecule has 0 amide bonds. The van der Waals surface area contributed by atoms with Gasteiger partial charge in [-0.25, -0.2) is 0 Å². The third-order valence-electron chi connectivity index (χ3n) is 3.26. The molecule has 2 nitrogen and oxygen atoms in total. The van der Waals surface area contributed by atoms with E-state index in [4.69, 9.17) is 5.73 Å². The van der Waals surface area contributed by atoms with Crippen LogP contribution in [0.15, 0.2) is 0 Å². The van der Waals surface area contributed by atoms with E-state index < -0.39 is 0 Å². The highest BCUT2D eigenvalue weighted by Gasteiger charge is 2.30. The number of nitrogens with two attached hydrogens (primary N) is 1. The maximum absolute atomic E-state index is 6.29. The maximum Gasteiger partial charge on any atom is 0.0266 e. The SMILES string of the molecule is NC1(CCN2CCCC2)CCSC1. The van der Waals surface area contributed by atoms with E-state index in [-0.39, 0.29) is 5.54 Å². The number of hydrogen-bond donors (Lipinski definition) is 1. The summed E-state index contributed by atoms with van der Waals surface area (Å²) in [6.07, 6.45) is 5.23. The Hall–Kier alpha value is 0.270. The standard InChI is InChI=1S/C10H20N2S/c11-10(4-8-13-9-10)3-7-12-5-1-2-6-12/h1-9,11H2. The molecule has 2 heterocycles. The lowest BCUT2D eigenvalue weighted by atomic mass is 9.96. The van der Waals surface area contributed by atoms with Crippen LogP contribution in [0.3, 0.4) is 0 Å². The van der Waals surface area contributed by atoms with Crippen LogP contribution < -0.4 is 5.73 Å². The summed E-state index contributed by atoms with van der Waals surface area (Å²) in [5.74, 6) is 2.46. The smallest absolute Gasteiger partial charge is 0.0266 e. The molecule has 0 saturated carbocycles. The van der Waals surface area contributed by atoms with Crippen LogP contribution in [-0.4, -0.2) is 41.6 Å². The fourth-order valence-electron chi connectivity index (χ4n) is 2.21. The van der Waals surface area contributed by atoms with E-state index in [9.17, 15) is 0 Å². The molecule has 2 N–H and O–H groups in total. The second kappa shape index (κ2) is 4.20. The van der Waals surface area contributed by atoms with Crippen molar-refractivity contribution in [3.8, 4) is 0 Å². The molecule has 0 aromatic carbocycles. The first-order chi connectivity index (χ1) is 6.29. The highest BCUT2D eigenvalue weighted by molar-refractivity contribution is 7.99. The lowest BCUT2D eigenvalue weighted by Gasteiger charge is -2.25. The zero-order valence-electron chi connectivity index (χ0n) is 8.30. The van der Waals surface area contributed by atoms with Crippen molar-refractivity contribution in [2.75, 3.05) is 31.1 Å². The van der Waals surface area contributed by atoms with Gasteiger partial charge in [-0.2, -0.15) is 11.8 Å². The topological polar surface area (TPSA) is 29.3 Å². The third-order valence-corrected chi connectivity index (χ3v) is 4.53. The number of rotatable bonds is 3. The van der Waals surface area contributed by atoms with Crippen LogP contribution >= 0.6 is 11.8 Å². The summed E-state index contributed by atoms with van der Waals surface area (Å²) in [5.41, 5.74) is 6.46. The molecule has 0 radical (unpaired) electrons. The molecule has 1 atom stereocenters. The van der Waals surface area contributed by atoms with Crippen LogP contribution in [0.1, 0.15) is 25.7 Å². The van der Waals surface area contributed by atoms with Gasteiger partial charge >= 0.3 is 0 Å². The van der Waals surface area contributed by atoms with E-state index in [2.05, 4.69) is 4.90 Å². The normalized spacial score (nSPS) is 35.8. The molecule has 2 aliphatic rings. The van der Waals surface area contributed by atoms with Gasteiger partial charge in [0.25, 0.3) is 0 Å². The Morgan fingerprint density at radius 1 is 1.31 bits per heavy atom. The van der Waals surface area contributed by atoms with Crippen molar-refractivity contribution < 1.29 is 0 Å². The minimum absolute atomic E-state index is 0.174. The highest BCUT2D eigenvalue weighted by atomic mass is 32.2. The molecule has 13 heavy (non-hydrogen) atoms. The number of nitrogens with zero attached hydrogens (tertiary/aromatic N) is 1. The molecule has 0 spiro atoms. The van der Waals surface area contributed by atoms with Crippen molar-refractivity contribution in [3.05, 3.63) is 0 Å². The Bertz CT molecular complexity index is 160. The summed E-state index contributed by atoms with van der Waals surface area (Å²) in [6.45, 7) is 3.85. The fraction of sp³-hybridized carbons (Fsp3) is 1.00. The first-order valence-corrected chi connectivity index (χ1v) is 6.53. The van der Waals surface area contributed by atoms with Crippen LogP contribution in [0.2, 0.25) is 0 Å². The predicted octanol–water partition coefficient (Wildman–Crippen LogP) is 1.31. The lowest BCUT2D eigenvalue weighted by molar-refractivity contribution is 0.291. The van der Waals surface area contributed by atoms with Crippen molar-refractivity contribution >= 4 is 11.8 Å². The predicted molar refractivity (Wildman–Crippen MR) is 59.2 cm³/mol. The second-order valence-corrected chi connectivity index (χ2v) is 5.57. The van der Waals surface area contributed by atoms with Gasteiger partial charge in [-0.3, -0.25) is 0 Å². The molecule has 0 aliphatic carbocycles. The van der Waals surface area contributed by atoms with Gasteiger partial charge in [-0.1, -0.05) is 0 Å². The average Bonchev–Trinajstić information content (AvgIpc) is 2.72. The average molecular weight is 200 g/mol. The second-order valence-electron chi connectivity index (χ2n) is 4.46. The molecule has 2 aliphatic heterocycles. The summed E-state index contributed by atoms with van der Waals surface area (Å²) in [6, 6.07) is 0. The Balaban J connectivity index is 1.71. The van der Waals surface area contributed by atoms with E-state index in [0.717, 1.165) is 0 Å². The van der Waals surface area contributed by atoms with Crippen molar-refractivity contribution in [1.82, 2.24) is 4.90 Å². The summed E-state index contributed by atoms with van der Waals surface area (Å²) < 4.78 is 0. The monoisotopic (exact) mass is 200 g/mol. The molecule has 0 aromatic rings. The van der Waals surface area contributed by atoms with Crippen molar-refractivity contribution in [2.24, 2.45) is 5.73 Å². The van der Waals surface area contributed by atoms with Gasteiger partial charge in [0.1, 0.15) is 0 Å². The fourth-order valence-corrected chi connectivity index (χ4v) is 3.60. The van der Waals surface area contributed by atoms with E-state index >= 15 is 0 Å². The van der Waals surface area contributed by atoms with Crippen LogP contribution in [0.25, 0.3) is 0 Å². The number of thioether (sulfide) groups is 1. The first-order valence-electron chi connectivity index (χ1n) is 5.38. The molecule has 1 unspecified atom stereocenters. The summed E-state index contributed by atoms with van der Waals surface area (Å²) in [4.78, 5) is 2.57. The van der Waals surface area contributed by atoms with E-state index in [1.165, 1.54) is 56.8 Å². The maximum atomic E-state index is 6.29. The van der Waals surface area contributed by atoms with Crippen LogP contribution in [0, 0.1) is 0 Å². The molecular formula is C10H20N2S. The number of hydrogen-bond acceptors (Lipinski definition) is 3. The Kier molecular flexibility index (Phi) is 3.17. The van der Waals surface area contributed by atoms with Crippen molar-refractivity contribution in [2.45, 2.75) is 31.2 Å². The molecule has 2 saturated heterocycles. The van der Waals surface area contributed by atoms with Gasteiger partial charge < -0.3 is 10.6 Å². The molecule has 2 fully saturated rings. The quantitative estimate of drug-likeness (QED) is 0.745. The van der Waals surface area contributed by atoms with Gasteiger partial charge in [0, 0.05) is 11.3 Å². The summed E-state index contributed by atoms with van der Waals surface area (Å²) in [5, 5.41) is 0. The van der Waals surface area contributed by atoms with Gasteiger partial charge in [-0.05, 0) is 51.1 Å². The Morgan fingerprint density at radius 3 is 2.69 bits per heavy atom. The number of likely N-dealkylation sites (tertiary alicyclic amines) is 1. The van der Waals surface area contributed by atoms with Crippen molar-refractivity contribution in [3.63, 3.8) is 0 Å². The largest absolute Gasteiger partial charge is 0.324 e. The van der Waals surface area contributed by atoms with Gasteiger partial charge in [0.05, 0.1) is 0 Å². The lowest BCUT2D eigenvalue weighted by Crippen LogP contribution is -2.42. The molecule has 2 rings (SSSR count). The third kappa shape index (κ3) is 2.61. The minimum Gasteiger partial charge on any atom is -0.324 e. The first kappa shape index (κ1) is 9.81.